The van der Waals surface area contributed by atoms with Crippen molar-refractivity contribution in [3.8, 4) is 17.2 Å². The summed E-state index contributed by atoms with van der Waals surface area (Å²) < 4.78 is 44.2. The second-order valence-electron chi connectivity index (χ2n) is 7.74. The number of hydrogen-bond acceptors (Lipinski definition) is 4. The highest BCUT2D eigenvalue weighted by molar-refractivity contribution is 5.96. The number of carbonyl (C=O) groups is 1. The average molecular weight is 390 g/mol. The number of ether oxygens (including phenoxy) is 3. The molecule has 2 aromatic carbocycles. The van der Waals surface area contributed by atoms with Crippen molar-refractivity contribution >= 4 is 5.78 Å². The molecule has 2 aromatic rings. The maximum atomic E-state index is 13.6. The third kappa shape index (κ3) is 2.99. The number of benzene rings is 2. The van der Waals surface area contributed by atoms with Crippen LogP contribution in [0, 0.1) is 11.6 Å². The molecule has 2 heterocycles. The van der Waals surface area contributed by atoms with E-state index >= 15 is 0 Å². The topological polar surface area (TPSA) is 44.8 Å². The summed E-state index contributed by atoms with van der Waals surface area (Å²) >= 11 is 0. The monoisotopic (exact) mass is 390 g/mol. The van der Waals surface area contributed by atoms with Gasteiger partial charge in [0.05, 0.1) is 39.7 Å². The highest BCUT2D eigenvalue weighted by Crippen LogP contribution is 2.51. The quantitative estimate of drug-likeness (QED) is 0.591. The molecule has 0 saturated heterocycles. The molecule has 5 nitrogen and oxygen atoms in total. The molecule has 0 radical (unpaired) electrons. The van der Waals surface area contributed by atoms with Gasteiger partial charge in [-0.1, -0.05) is 0 Å². The number of likely N-dealkylation sites (N-methyl/N-ethyl adjacent to an activating group) is 1. The van der Waals surface area contributed by atoms with Crippen molar-refractivity contribution in [3.05, 3.63) is 52.6 Å². The molecule has 1 unspecified atom stereocenters. The Labute approximate surface area is 162 Å². The van der Waals surface area contributed by atoms with Crippen molar-refractivity contribution in [2.75, 3.05) is 34.5 Å². The molecule has 4 rings (SSSR count). The Morgan fingerprint density at radius 1 is 1.21 bits per heavy atom. The predicted octanol–water partition coefficient (Wildman–Crippen LogP) is 3.65. The number of Topliss-reactive ketones (excluding diaryl/α,β-unsaturated/α-hetero) is 1. The van der Waals surface area contributed by atoms with Crippen molar-refractivity contribution in [2.24, 2.45) is 0 Å². The van der Waals surface area contributed by atoms with E-state index in [1.54, 1.807) is 7.11 Å². The number of quaternary nitrogens is 1. The van der Waals surface area contributed by atoms with E-state index < -0.39 is 11.6 Å². The molecule has 0 saturated carbocycles. The normalized spacial score (nSPS) is 19.2. The highest BCUT2D eigenvalue weighted by Gasteiger charge is 2.42. The number of ketones is 1. The molecule has 0 amide bonds. The smallest absolute Gasteiger partial charge is 0.231 e. The predicted molar refractivity (Wildman–Crippen MR) is 97.8 cm³/mol. The molecule has 0 spiro atoms. The van der Waals surface area contributed by atoms with Gasteiger partial charge >= 0.3 is 0 Å². The fraction of sp³-hybridized carbons (Fsp3) is 0.381. The van der Waals surface area contributed by atoms with Gasteiger partial charge in [-0.05, 0) is 29.8 Å². The van der Waals surface area contributed by atoms with Crippen molar-refractivity contribution in [3.63, 3.8) is 0 Å². The van der Waals surface area contributed by atoms with Crippen LogP contribution in [0.1, 0.15) is 33.9 Å². The molecule has 0 aromatic heterocycles. The lowest BCUT2D eigenvalue weighted by Crippen LogP contribution is -2.48. The summed E-state index contributed by atoms with van der Waals surface area (Å²) in [5, 5.41) is 0. The minimum Gasteiger partial charge on any atom is -0.492 e. The van der Waals surface area contributed by atoms with Gasteiger partial charge in [-0.15, -0.1) is 0 Å². The second-order valence-corrected chi connectivity index (χ2v) is 7.74. The van der Waals surface area contributed by atoms with Crippen LogP contribution >= 0.6 is 0 Å². The summed E-state index contributed by atoms with van der Waals surface area (Å²) in [6.45, 7) is 0.955. The van der Waals surface area contributed by atoms with Crippen molar-refractivity contribution in [1.82, 2.24) is 0 Å². The Hall–Kier alpha value is -2.67. The van der Waals surface area contributed by atoms with Crippen molar-refractivity contribution in [2.45, 2.75) is 18.9 Å². The maximum absolute atomic E-state index is 13.6. The lowest BCUT2D eigenvalue weighted by molar-refractivity contribution is -0.922. The van der Waals surface area contributed by atoms with Crippen LogP contribution in [0.15, 0.2) is 24.3 Å². The summed E-state index contributed by atoms with van der Waals surface area (Å²) in [5.41, 5.74) is 2.13. The van der Waals surface area contributed by atoms with Crippen molar-refractivity contribution < 1.29 is 32.3 Å². The van der Waals surface area contributed by atoms with E-state index in [0.29, 0.717) is 21.7 Å². The van der Waals surface area contributed by atoms with Crippen LogP contribution in [0.25, 0.3) is 0 Å². The Balaban J connectivity index is 1.76. The molecule has 0 bridgehead atoms. The lowest BCUT2D eigenvalue weighted by atomic mass is 9.86. The Morgan fingerprint density at radius 3 is 2.71 bits per heavy atom. The van der Waals surface area contributed by atoms with Gasteiger partial charge in [0.25, 0.3) is 0 Å². The van der Waals surface area contributed by atoms with Crippen LogP contribution in [0.3, 0.4) is 0 Å². The van der Waals surface area contributed by atoms with E-state index in [9.17, 15) is 13.6 Å². The first-order chi connectivity index (χ1) is 13.3. The van der Waals surface area contributed by atoms with Crippen LogP contribution in [-0.4, -0.2) is 44.8 Å². The summed E-state index contributed by atoms with van der Waals surface area (Å²) in [7, 11) is 5.67. The Bertz CT molecular complexity index is 958. The standard InChI is InChI=1S/C21H22F2NO4/c1-24(2)7-6-13-9-18-20(28-11-27-18)21(26-3)19(13)16(24)10-17(25)12-4-5-14(22)15(23)8-12/h4-5,8-9,16H,6-7,10-11H2,1-3H3/q+1. The number of nitrogens with zero attached hydrogens (tertiary/aromatic N) is 1. The van der Waals surface area contributed by atoms with E-state index in [1.165, 1.54) is 6.07 Å². The first-order valence-corrected chi connectivity index (χ1v) is 9.12. The van der Waals surface area contributed by atoms with Crippen molar-refractivity contribution in [1.29, 1.82) is 0 Å². The molecule has 2 aliphatic heterocycles. The second kappa shape index (κ2) is 6.74. The molecule has 0 aliphatic carbocycles. The summed E-state index contributed by atoms with van der Waals surface area (Å²) in [6.07, 6.45) is 0.951. The van der Waals surface area contributed by atoms with E-state index in [-0.39, 0.29) is 30.6 Å². The van der Waals surface area contributed by atoms with Crippen LogP contribution < -0.4 is 14.2 Å². The minimum absolute atomic E-state index is 0.130. The molecule has 148 valence electrons. The third-order valence-corrected chi connectivity index (χ3v) is 5.70. The zero-order chi connectivity index (χ0) is 20.1. The van der Waals surface area contributed by atoms with Gasteiger partial charge in [0, 0.05) is 12.0 Å². The number of methoxy groups -OCH3 is 1. The minimum atomic E-state index is -1.02. The number of halogens is 2. The average Bonchev–Trinajstić information content (AvgIpc) is 3.12. The largest absolute Gasteiger partial charge is 0.492 e. The summed E-state index contributed by atoms with van der Waals surface area (Å²) in [5.74, 6) is -0.460. The molecule has 0 N–H and O–H groups in total. The van der Waals surface area contributed by atoms with Gasteiger partial charge in [-0.2, -0.15) is 0 Å². The number of rotatable bonds is 4. The fourth-order valence-corrected chi connectivity index (χ4v) is 4.08. The Kier molecular flexibility index (Phi) is 4.50. The molecule has 28 heavy (non-hydrogen) atoms. The van der Waals surface area contributed by atoms with Gasteiger partial charge in [0.1, 0.15) is 6.04 Å². The Morgan fingerprint density at radius 2 is 2.00 bits per heavy atom. The van der Waals surface area contributed by atoms with Gasteiger partial charge in [0.2, 0.25) is 12.5 Å². The van der Waals surface area contributed by atoms with E-state index in [2.05, 4.69) is 14.1 Å². The fourth-order valence-electron chi connectivity index (χ4n) is 4.08. The SMILES string of the molecule is COc1c2c(cc3c1C(CC(=O)c1ccc(F)c(F)c1)[N+](C)(C)CC3)OCO2. The first kappa shape index (κ1) is 18.7. The molecule has 7 heteroatoms. The first-order valence-electron chi connectivity index (χ1n) is 9.12. The van der Waals surface area contributed by atoms with E-state index in [1.807, 2.05) is 6.07 Å². The van der Waals surface area contributed by atoms with Crippen LogP contribution in [0.5, 0.6) is 17.2 Å². The number of carbonyl (C=O) groups excluding carboxylic acids is 1. The summed E-state index contributed by atoms with van der Waals surface area (Å²) in [6, 6.07) is 5.00. The van der Waals surface area contributed by atoms with Crippen LogP contribution in [0.4, 0.5) is 8.78 Å². The number of fused-ring (bicyclic) bond motifs is 2. The molecule has 0 fully saturated rings. The molecular formula is C21H22F2NO4+. The third-order valence-electron chi connectivity index (χ3n) is 5.70. The lowest BCUT2D eigenvalue weighted by Gasteiger charge is -2.43. The number of hydrogen-bond donors (Lipinski definition) is 0. The van der Waals surface area contributed by atoms with Gasteiger partial charge < -0.3 is 18.7 Å². The van der Waals surface area contributed by atoms with Crippen LogP contribution in [-0.2, 0) is 6.42 Å². The molecule has 1 atom stereocenters. The van der Waals surface area contributed by atoms with Gasteiger partial charge in [-0.25, -0.2) is 8.78 Å². The highest BCUT2D eigenvalue weighted by atomic mass is 19.2. The van der Waals surface area contributed by atoms with Crippen LogP contribution in [0.2, 0.25) is 0 Å². The zero-order valence-corrected chi connectivity index (χ0v) is 16.1. The van der Waals surface area contributed by atoms with E-state index in [0.717, 1.165) is 36.2 Å². The summed E-state index contributed by atoms with van der Waals surface area (Å²) in [4.78, 5) is 12.9. The van der Waals surface area contributed by atoms with Gasteiger partial charge in [-0.3, -0.25) is 4.79 Å². The molecule has 2 aliphatic rings. The zero-order valence-electron chi connectivity index (χ0n) is 16.1. The molecular weight excluding hydrogens is 368 g/mol. The van der Waals surface area contributed by atoms with Gasteiger partial charge in [0.15, 0.2) is 28.9 Å². The van der Waals surface area contributed by atoms with E-state index in [4.69, 9.17) is 14.2 Å². The maximum Gasteiger partial charge on any atom is 0.231 e.